The molecule has 0 fully saturated rings. The molecule has 3 aromatic heterocycles. The molecule has 3 aromatic rings. The Labute approximate surface area is 154 Å². The largest absolute Gasteiger partial charge is 0.377 e. The summed E-state index contributed by atoms with van der Waals surface area (Å²) in [6.07, 6.45) is 4.52. The van der Waals surface area contributed by atoms with Crippen molar-refractivity contribution in [3.63, 3.8) is 0 Å². The van der Waals surface area contributed by atoms with Gasteiger partial charge in [-0.05, 0) is 18.2 Å². The van der Waals surface area contributed by atoms with Crippen molar-refractivity contribution < 1.29 is 9.53 Å². The van der Waals surface area contributed by atoms with Crippen LogP contribution in [0.5, 0.6) is 0 Å². The molecule has 0 radical (unpaired) electrons. The van der Waals surface area contributed by atoms with Crippen molar-refractivity contribution in [1.29, 1.82) is 0 Å². The standard InChI is InChI=1S/C18H16N6O3/c25-16-9-14(12-4-6-19-11-21-12)22-17-15(10-27-8-7-24(16)17)23-18(26)13-3-1-2-5-20-13/h1-6,9,11,15H,7-8,10H2,(H,23,26). The molecule has 0 saturated carbocycles. The predicted octanol–water partition coefficient (Wildman–Crippen LogP) is 0.597. The first-order valence-corrected chi connectivity index (χ1v) is 8.40. The van der Waals surface area contributed by atoms with Crippen LogP contribution in [0.1, 0.15) is 22.4 Å². The van der Waals surface area contributed by atoms with Gasteiger partial charge in [-0.3, -0.25) is 19.1 Å². The highest BCUT2D eigenvalue weighted by molar-refractivity contribution is 5.92. The molecule has 0 spiro atoms. The highest BCUT2D eigenvalue weighted by atomic mass is 16.5. The van der Waals surface area contributed by atoms with Gasteiger partial charge >= 0.3 is 0 Å². The lowest BCUT2D eigenvalue weighted by molar-refractivity contribution is 0.0851. The van der Waals surface area contributed by atoms with E-state index >= 15 is 0 Å². The van der Waals surface area contributed by atoms with Gasteiger partial charge in [0, 0.05) is 18.5 Å². The van der Waals surface area contributed by atoms with E-state index in [0.717, 1.165) is 0 Å². The molecule has 0 saturated heterocycles. The maximum absolute atomic E-state index is 12.6. The number of rotatable bonds is 3. The molecular formula is C18H16N6O3. The number of fused-ring (bicyclic) bond motifs is 1. The first kappa shape index (κ1) is 17.0. The first-order valence-electron chi connectivity index (χ1n) is 8.40. The maximum atomic E-state index is 12.6. The minimum Gasteiger partial charge on any atom is -0.377 e. The lowest BCUT2D eigenvalue weighted by Gasteiger charge is -2.18. The van der Waals surface area contributed by atoms with Gasteiger partial charge in [-0.2, -0.15) is 0 Å². The highest BCUT2D eigenvalue weighted by Gasteiger charge is 2.25. The van der Waals surface area contributed by atoms with Crippen LogP contribution >= 0.6 is 0 Å². The number of nitrogens with zero attached hydrogens (tertiary/aromatic N) is 5. The number of carbonyl (C=O) groups is 1. The molecule has 9 nitrogen and oxygen atoms in total. The number of nitrogens with one attached hydrogen (secondary N) is 1. The molecular weight excluding hydrogens is 348 g/mol. The zero-order valence-corrected chi connectivity index (χ0v) is 14.3. The Bertz CT molecular complexity index is 1010. The van der Waals surface area contributed by atoms with Crippen molar-refractivity contribution in [3.05, 3.63) is 70.9 Å². The van der Waals surface area contributed by atoms with Crippen LogP contribution in [0.3, 0.4) is 0 Å². The Hall–Kier alpha value is -3.46. The van der Waals surface area contributed by atoms with Crippen molar-refractivity contribution >= 4 is 5.91 Å². The topological polar surface area (TPSA) is 112 Å². The molecule has 27 heavy (non-hydrogen) atoms. The van der Waals surface area contributed by atoms with E-state index in [0.29, 0.717) is 30.4 Å². The Morgan fingerprint density at radius 1 is 1.19 bits per heavy atom. The molecule has 9 heteroatoms. The molecule has 1 aliphatic rings. The van der Waals surface area contributed by atoms with Gasteiger partial charge in [0.25, 0.3) is 11.5 Å². The van der Waals surface area contributed by atoms with Crippen molar-refractivity contribution in [2.24, 2.45) is 0 Å². The van der Waals surface area contributed by atoms with E-state index in [4.69, 9.17) is 4.74 Å². The van der Waals surface area contributed by atoms with E-state index in [1.54, 1.807) is 36.7 Å². The fourth-order valence-electron chi connectivity index (χ4n) is 2.86. The number of carbonyl (C=O) groups excluding carboxylic acids is 1. The van der Waals surface area contributed by atoms with Gasteiger partial charge in [-0.15, -0.1) is 0 Å². The van der Waals surface area contributed by atoms with Crippen LogP contribution in [0.4, 0.5) is 0 Å². The normalized spacial score (nSPS) is 16.2. The van der Waals surface area contributed by atoms with Crippen LogP contribution in [0.2, 0.25) is 0 Å². The third kappa shape index (κ3) is 3.58. The van der Waals surface area contributed by atoms with Gasteiger partial charge in [0.15, 0.2) is 0 Å². The van der Waals surface area contributed by atoms with Crippen LogP contribution in [-0.2, 0) is 11.3 Å². The molecule has 1 amide bonds. The summed E-state index contributed by atoms with van der Waals surface area (Å²) in [6, 6.07) is 7.59. The molecule has 1 unspecified atom stereocenters. The van der Waals surface area contributed by atoms with Crippen molar-refractivity contribution in [3.8, 4) is 11.4 Å². The van der Waals surface area contributed by atoms with Crippen LogP contribution in [0, 0.1) is 0 Å². The predicted molar refractivity (Wildman–Crippen MR) is 94.8 cm³/mol. The molecule has 136 valence electrons. The third-order valence-electron chi connectivity index (χ3n) is 4.14. The maximum Gasteiger partial charge on any atom is 0.270 e. The molecule has 0 bridgehead atoms. The first-order chi connectivity index (χ1) is 13.2. The van der Waals surface area contributed by atoms with Crippen molar-refractivity contribution in [2.75, 3.05) is 13.2 Å². The summed E-state index contributed by atoms with van der Waals surface area (Å²) in [5, 5.41) is 2.86. The van der Waals surface area contributed by atoms with Crippen LogP contribution < -0.4 is 10.9 Å². The summed E-state index contributed by atoms with van der Waals surface area (Å²) in [5.74, 6) is 0.0669. The summed E-state index contributed by atoms with van der Waals surface area (Å²) in [6.45, 7) is 0.927. The number of pyridine rings is 1. The summed E-state index contributed by atoms with van der Waals surface area (Å²) >= 11 is 0. The highest BCUT2D eigenvalue weighted by Crippen LogP contribution is 2.18. The van der Waals surface area contributed by atoms with Crippen LogP contribution in [0.25, 0.3) is 11.4 Å². The van der Waals surface area contributed by atoms with Gasteiger partial charge in [0.1, 0.15) is 23.9 Å². The van der Waals surface area contributed by atoms with E-state index in [1.807, 2.05) is 0 Å². The van der Waals surface area contributed by atoms with Crippen molar-refractivity contribution in [2.45, 2.75) is 12.6 Å². The second-order valence-electron chi connectivity index (χ2n) is 5.90. The second-order valence-corrected chi connectivity index (χ2v) is 5.90. The van der Waals surface area contributed by atoms with E-state index in [1.165, 1.54) is 17.0 Å². The second kappa shape index (κ2) is 7.42. The zero-order chi connectivity index (χ0) is 18.6. The number of ether oxygens (including phenoxy) is 1. The molecule has 1 atom stereocenters. The summed E-state index contributed by atoms with van der Waals surface area (Å²) in [4.78, 5) is 41.8. The van der Waals surface area contributed by atoms with Gasteiger partial charge in [-0.25, -0.2) is 15.0 Å². The van der Waals surface area contributed by atoms with Crippen LogP contribution in [-0.4, -0.2) is 43.6 Å². The summed E-state index contributed by atoms with van der Waals surface area (Å²) < 4.78 is 7.08. The number of hydrogen-bond acceptors (Lipinski definition) is 7. The van der Waals surface area contributed by atoms with Gasteiger partial charge in [0.05, 0.1) is 31.1 Å². The molecule has 4 rings (SSSR count). The Kier molecular flexibility index (Phi) is 4.67. The van der Waals surface area contributed by atoms with E-state index in [-0.39, 0.29) is 23.8 Å². The summed E-state index contributed by atoms with van der Waals surface area (Å²) in [5.41, 5.74) is 1.01. The number of aromatic nitrogens is 5. The molecule has 0 aliphatic carbocycles. The van der Waals surface area contributed by atoms with Gasteiger partial charge in [-0.1, -0.05) is 6.07 Å². The lowest BCUT2D eigenvalue weighted by Crippen LogP contribution is -2.36. The zero-order valence-electron chi connectivity index (χ0n) is 14.3. The third-order valence-corrected chi connectivity index (χ3v) is 4.14. The average molecular weight is 364 g/mol. The Morgan fingerprint density at radius 3 is 2.89 bits per heavy atom. The minimum absolute atomic E-state index is 0.207. The van der Waals surface area contributed by atoms with E-state index in [9.17, 15) is 9.59 Å². The fraction of sp³-hybridized carbons (Fsp3) is 0.222. The fourth-order valence-corrected chi connectivity index (χ4v) is 2.86. The molecule has 4 heterocycles. The lowest BCUT2D eigenvalue weighted by atomic mass is 10.2. The van der Waals surface area contributed by atoms with Gasteiger partial charge in [0.2, 0.25) is 0 Å². The van der Waals surface area contributed by atoms with E-state index in [2.05, 4.69) is 25.3 Å². The molecule has 1 N–H and O–H groups in total. The number of amides is 1. The smallest absolute Gasteiger partial charge is 0.270 e. The quantitative estimate of drug-likeness (QED) is 0.724. The molecule has 0 aromatic carbocycles. The van der Waals surface area contributed by atoms with Crippen molar-refractivity contribution in [1.82, 2.24) is 29.8 Å². The minimum atomic E-state index is -0.587. The van der Waals surface area contributed by atoms with Gasteiger partial charge < -0.3 is 10.1 Å². The Balaban J connectivity index is 1.72. The number of hydrogen-bond donors (Lipinski definition) is 1. The van der Waals surface area contributed by atoms with E-state index < -0.39 is 6.04 Å². The Morgan fingerprint density at radius 2 is 2.11 bits per heavy atom. The average Bonchev–Trinajstić information content (AvgIpc) is 2.92. The van der Waals surface area contributed by atoms with Crippen LogP contribution in [0.15, 0.2) is 53.8 Å². The SMILES string of the molecule is O=C(NC1COCCn2c1nc(-c1ccncn1)cc2=O)c1ccccn1. The summed E-state index contributed by atoms with van der Waals surface area (Å²) in [7, 11) is 0. The molecule has 1 aliphatic heterocycles. The monoisotopic (exact) mass is 364 g/mol.